The Morgan fingerprint density at radius 2 is 1.79 bits per heavy atom. The highest BCUT2D eigenvalue weighted by molar-refractivity contribution is 9.10. The van der Waals surface area contributed by atoms with Gasteiger partial charge >= 0.3 is 0 Å². The predicted molar refractivity (Wildman–Crippen MR) is 115 cm³/mol. The fourth-order valence-electron chi connectivity index (χ4n) is 3.06. The van der Waals surface area contributed by atoms with E-state index < -0.39 is 0 Å². The molecular formula is C23H19BrN2O2. The number of carbonyl (C=O) groups is 1. The van der Waals surface area contributed by atoms with Crippen molar-refractivity contribution in [2.45, 2.75) is 19.8 Å². The van der Waals surface area contributed by atoms with Crippen LogP contribution < -0.4 is 5.32 Å². The molecule has 5 heteroatoms. The first-order valence-electron chi connectivity index (χ1n) is 9.15. The van der Waals surface area contributed by atoms with Gasteiger partial charge in [0.25, 0.3) is 0 Å². The van der Waals surface area contributed by atoms with Gasteiger partial charge in [-0.3, -0.25) is 4.79 Å². The zero-order valence-electron chi connectivity index (χ0n) is 15.4. The standard InChI is InChI=1S/C23H19BrN2O2/c1-2-15-12-19(24)22-20(13-15)26-23(28-22)17-8-10-18(11-9-17)25-21(27)14-16-6-4-3-5-7-16/h3-13H,2,14H2,1H3,(H,25,27). The number of aromatic nitrogens is 1. The molecule has 4 aromatic rings. The van der Waals surface area contributed by atoms with Gasteiger partial charge in [-0.15, -0.1) is 0 Å². The summed E-state index contributed by atoms with van der Waals surface area (Å²) in [6.45, 7) is 2.11. The number of nitrogens with zero attached hydrogens (tertiary/aromatic N) is 1. The molecule has 1 heterocycles. The molecule has 4 rings (SSSR count). The van der Waals surface area contributed by atoms with Crippen molar-refractivity contribution in [1.29, 1.82) is 0 Å². The molecule has 0 unspecified atom stereocenters. The van der Waals surface area contributed by atoms with E-state index in [1.807, 2.05) is 60.7 Å². The van der Waals surface area contributed by atoms with Gasteiger partial charge in [0, 0.05) is 11.3 Å². The summed E-state index contributed by atoms with van der Waals surface area (Å²) in [4.78, 5) is 16.8. The van der Waals surface area contributed by atoms with E-state index in [0.717, 1.165) is 38.8 Å². The smallest absolute Gasteiger partial charge is 0.228 e. The summed E-state index contributed by atoms with van der Waals surface area (Å²) in [5.41, 5.74) is 5.38. The molecule has 0 radical (unpaired) electrons. The lowest BCUT2D eigenvalue weighted by Gasteiger charge is -2.06. The molecule has 140 valence electrons. The lowest BCUT2D eigenvalue weighted by atomic mass is 10.1. The Labute approximate surface area is 171 Å². The first-order chi connectivity index (χ1) is 13.6. The molecule has 1 N–H and O–H groups in total. The van der Waals surface area contributed by atoms with Crippen molar-refractivity contribution in [1.82, 2.24) is 4.98 Å². The van der Waals surface area contributed by atoms with Gasteiger partial charge in [0.15, 0.2) is 5.58 Å². The first kappa shape index (κ1) is 18.4. The van der Waals surface area contributed by atoms with Gasteiger partial charge in [0.05, 0.1) is 10.9 Å². The van der Waals surface area contributed by atoms with Crippen molar-refractivity contribution in [3.63, 3.8) is 0 Å². The van der Waals surface area contributed by atoms with E-state index in [2.05, 4.69) is 39.2 Å². The summed E-state index contributed by atoms with van der Waals surface area (Å²) in [5.74, 6) is 0.517. The Bertz CT molecular complexity index is 1120. The molecule has 0 fully saturated rings. The van der Waals surface area contributed by atoms with Crippen LogP contribution in [-0.2, 0) is 17.6 Å². The van der Waals surface area contributed by atoms with Crippen LogP contribution in [-0.4, -0.2) is 10.9 Å². The van der Waals surface area contributed by atoms with E-state index in [9.17, 15) is 4.79 Å². The van der Waals surface area contributed by atoms with Crippen LogP contribution in [0.4, 0.5) is 5.69 Å². The van der Waals surface area contributed by atoms with Gasteiger partial charge in [0.1, 0.15) is 5.52 Å². The average molecular weight is 435 g/mol. The highest BCUT2D eigenvalue weighted by Crippen LogP contribution is 2.31. The molecule has 0 saturated heterocycles. The van der Waals surface area contributed by atoms with Crippen molar-refractivity contribution in [2.24, 2.45) is 0 Å². The minimum Gasteiger partial charge on any atom is -0.435 e. The number of carbonyl (C=O) groups excluding carboxylic acids is 1. The first-order valence-corrected chi connectivity index (χ1v) is 9.95. The fraction of sp³-hybridized carbons (Fsp3) is 0.130. The van der Waals surface area contributed by atoms with Crippen LogP contribution in [0.5, 0.6) is 0 Å². The van der Waals surface area contributed by atoms with E-state index >= 15 is 0 Å². The van der Waals surface area contributed by atoms with Crippen molar-refractivity contribution in [2.75, 3.05) is 5.32 Å². The van der Waals surface area contributed by atoms with Gasteiger partial charge in [-0.1, -0.05) is 37.3 Å². The summed E-state index contributed by atoms with van der Waals surface area (Å²) in [7, 11) is 0. The highest BCUT2D eigenvalue weighted by atomic mass is 79.9. The van der Waals surface area contributed by atoms with Crippen LogP contribution in [0, 0.1) is 0 Å². The topological polar surface area (TPSA) is 55.1 Å². The number of halogens is 1. The van der Waals surface area contributed by atoms with Crippen LogP contribution in [0.15, 0.2) is 75.6 Å². The molecule has 0 bridgehead atoms. The molecular weight excluding hydrogens is 416 g/mol. The van der Waals surface area contributed by atoms with Gasteiger partial charge in [-0.25, -0.2) is 4.98 Å². The number of hydrogen-bond donors (Lipinski definition) is 1. The summed E-state index contributed by atoms with van der Waals surface area (Å²) >= 11 is 3.56. The van der Waals surface area contributed by atoms with Crippen LogP contribution in [0.2, 0.25) is 0 Å². The Morgan fingerprint density at radius 3 is 2.50 bits per heavy atom. The van der Waals surface area contributed by atoms with E-state index in [-0.39, 0.29) is 5.91 Å². The number of amides is 1. The molecule has 0 aliphatic rings. The molecule has 1 amide bonds. The number of rotatable bonds is 5. The number of oxazole rings is 1. The molecule has 0 atom stereocenters. The number of nitrogens with one attached hydrogen (secondary N) is 1. The molecule has 4 nitrogen and oxygen atoms in total. The van der Waals surface area contributed by atoms with Crippen LogP contribution in [0.25, 0.3) is 22.6 Å². The summed E-state index contributed by atoms with van der Waals surface area (Å²) in [6.07, 6.45) is 1.29. The lowest BCUT2D eigenvalue weighted by Crippen LogP contribution is -2.14. The second-order valence-electron chi connectivity index (χ2n) is 6.59. The number of anilines is 1. The molecule has 0 aliphatic heterocycles. The van der Waals surface area contributed by atoms with Gasteiger partial charge in [-0.05, 0) is 69.9 Å². The van der Waals surface area contributed by atoms with Crippen molar-refractivity contribution < 1.29 is 9.21 Å². The number of fused-ring (bicyclic) bond motifs is 1. The summed E-state index contributed by atoms with van der Waals surface area (Å²) < 4.78 is 6.85. The fourth-order valence-corrected chi connectivity index (χ4v) is 3.63. The maximum Gasteiger partial charge on any atom is 0.228 e. The molecule has 0 aliphatic carbocycles. The van der Waals surface area contributed by atoms with Crippen molar-refractivity contribution in [3.8, 4) is 11.5 Å². The van der Waals surface area contributed by atoms with Crippen molar-refractivity contribution in [3.05, 3.63) is 82.3 Å². The second kappa shape index (κ2) is 7.98. The van der Waals surface area contributed by atoms with Crippen LogP contribution in [0.3, 0.4) is 0 Å². The minimum atomic E-state index is -0.0446. The third kappa shape index (κ3) is 3.99. The minimum absolute atomic E-state index is 0.0446. The Kier molecular flexibility index (Phi) is 5.26. The zero-order chi connectivity index (χ0) is 19.5. The second-order valence-corrected chi connectivity index (χ2v) is 7.44. The lowest BCUT2D eigenvalue weighted by molar-refractivity contribution is -0.115. The monoisotopic (exact) mass is 434 g/mol. The Morgan fingerprint density at radius 1 is 1.04 bits per heavy atom. The quantitative estimate of drug-likeness (QED) is 0.418. The molecule has 0 spiro atoms. The van der Waals surface area contributed by atoms with Crippen LogP contribution in [0.1, 0.15) is 18.1 Å². The van der Waals surface area contributed by atoms with Crippen molar-refractivity contribution >= 4 is 38.6 Å². The Hall–Kier alpha value is -2.92. The van der Waals surface area contributed by atoms with Gasteiger partial charge in [-0.2, -0.15) is 0 Å². The zero-order valence-corrected chi connectivity index (χ0v) is 17.0. The maximum atomic E-state index is 12.2. The summed E-state index contributed by atoms with van der Waals surface area (Å²) in [5, 5.41) is 2.92. The molecule has 3 aromatic carbocycles. The largest absolute Gasteiger partial charge is 0.435 e. The predicted octanol–water partition coefficient (Wildman–Crippen LogP) is 6.00. The highest BCUT2D eigenvalue weighted by Gasteiger charge is 2.12. The number of hydrogen-bond acceptors (Lipinski definition) is 3. The molecule has 0 saturated carbocycles. The SMILES string of the molecule is CCc1cc(Br)c2oc(-c3ccc(NC(=O)Cc4ccccc4)cc3)nc2c1. The average Bonchev–Trinajstić information content (AvgIpc) is 3.14. The summed E-state index contributed by atoms with van der Waals surface area (Å²) in [6, 6.07) is 21.3. The van der Waals surface area contributed by atoms with E-state index in [1.54, 1.807) is 0 Å². The van der Waals surface area contributed by atoms with Gasteiger partial charge in [0.2, 0.25) is 11.8 Å². The maximum absolute atomic E-state index is 12.2. The van der Waals surface area contributed by atoms with Crippen LogP contribution >= 0.6 is 15.9 Å². The number of benzene rings is 3. The number of aryl methyl sites for hydroxylation is 1. The molecule has 28 heavy (non-hydrogen) atoms. The Balaban J connectivity index is 1.51. The van der Waals surface area contributed by atoms with E-state index in [0.29, 0.717) is 12.3 Å². The normalized spacial score (nSPS) is 10.9. The third-order valence-electron chi connectivity index (χ3n) is 4.54. The van der Waals surface area contributed by atoms with E-state index in [4.69, 9.17) is 4.42 Å². The molecule has 1 aromatic heterocycles. The van der Waals surface area contributed by atoms with Gasteiger partial charge < -0.3 is 9.73 Å². The van der Waals surface area contributed by atoms with E-state index in [1.165, 1.54) is 5.56 Å². The third-order valence-corrected chi connectivity index (χ3v) is 5.12.